The first-order valence-corrected chi connectivity index (χ1v) is 9.10. The highest BCUT2D eigenvalue weighted by Gasteiger charge is 2.65. The molecule has 27 heavy (non-hydrogen) atoms. The summed E-state index contributed by atoms with van der Waals surface area (Å²) in [5.41, 5.74) is -0.179. The number of hydrogen-bond donors (Lipinski definition) is 1. The zero-order valence-corrected chi connectivity index (χ0v) is 14.2. The summed E-state index contributed by atoms with van der Waals surface area (Å²) < 4.78 is 68.5. The third kappa shape index (κ3) is 5.78. The van der Waals surface area contributed by atoms with Crippen LogP contribution in [0.1, 0.15) is 20.7 Å². The SMILES string of the molecule is O=Cc1ccc(C(=O)OCC(=O)Nc2cccc(S(F)(F)(F)(F)F)c2)cc1. The second-order valence-corrected chi connectivity index (χ2v) is 7.77. The number of esters is 1. The smallest absolute Gasteiger partial charge is 0.338 e. The molecule has 0 aliphatic carbocycles. The lowest BCUT2D eigenvalue weighted by Gasteiger charge is -2.40. The highest BCUT2D eigenvalue weighted by Crippen LogP contribution is 3.02. The van der Waals surface area contributed by atoms with E-state index in [0.29, 0.717) is 17.9 Å². The van der Waals surface area contributed by atoms with Crippen LogP contribution in [0.3, 0.4) is 0 Å². The van der Waals surface area contributed by atoms with Crippen LogP contribution < -0.4 is 5.32 Å². The number of benzene rings is 2. The van der Waals surface area contributed by atoms with Crippen LogP contribution in [0.4, 0.5) is 25.1 Å². The lowest BCUT2D eigenvalue weighted by Crippen LogP contribution is -2.21. The molecule has 0 aliphatic heterocycles. The number of amides is 1. The number of ether oxygens (including phenoxy) is 1. The first kappa shape index (κ1) is 20.4. The van der Waals surface area contributed by atoms with Crippen molar-refractivity contribution < 1.29 is 38.5 Å². The zero-order valence-electron chi connectivity index (χ0n) is 13.3. The number of nitrogens with one attached hydrogen (secondary N) is 1. The van der Waals surface area contributed by atoms with Gasteiger partial charge in [0.1, 0.15) is 11.2 Å². The number of rotatable bonds is 6. The highest BCUT2D eigenvalue weighted by atomic mass is 32.5. The molecule has 0 heterocycles. The summed E-state index contributed by atoms with van der Waals surface area (Å²) >= 11 is 0. The molecule has 0 unspecified atom stereocenters. The largest absolute Gasteiger partial charge is 0.452 e. The average molecular weight is 409 g/mol. The number of carbonyl (C=O) groups excluding carboxylic acids is 3. The molecular formula is C16H12F5NO4S. The van der Waals surface area contributed by atoms with Crippen molar-refractivity contribution in [2.24, 2.45) is 0 Å². The monoisotopic (exact) mass is 409 g/mol. The average Bonchev–Trinajstić information content (AvgIpc) is 2.58. The molecule has 2 aromatic carbocycles. The highest BCUT2D eigenvalue weighted by molar-refractivity contribution is 8.45. The summed E-state index contributed by atoms with van der Waals surface area (Å²) in [4.78, 5) is 31.8. The fourth-order valence-corrected chi connectivity index (χ4v) is 2.61. The molecule has 0 spiro atoms. The van der Waals surface area contributed by atoms with Gasteiger partial charge in [-0.05, 0) is 30.3 Å². The Hall–Kier alpha value is -2.95. The van der Waals surface area contributed by atoms with Crippen molar-refractivity contribution in [1.82, 2.24) is 0 Å². The van der Waals surface area contributed by atoms with E-state index < -0.39 is 39.3 Å². The van der Waals surface area contributed by atoms with Gasteiger partial charge in [0, 0.05) is 11.3 Å². The summed E-state index contributed by atoms with van der Waals surface area (Å²) in [5.74, 6) is -1.93. The van der Waals surface area contributed by atoms with Crippen LogP contribution in [0.2, 0.25) is 0 Å². The normalized spacial score (nSPS) is 13.8. The fourth-order valence-electron chi connectivity index (χ4n) is 1.92. The molecule has 11 heteroatoms. The van der Waals surface area contributed by atoms with Gasteiger partial charge in [0.15, 0.2) is 6.61 Å². The maximum absolute atomic E-state index is 12.8. The Balaban J connectivity index is 2.00. The van der Waals surface area contributed by atoms with E-state index in [1.165, 1.54) is 24.3 Å². The van der Waals surface area contributed by atoms with Crippen molar-refractivity contribution in [3.8, 4) is 0 Å². The van der Waals surface area contributed by atoms with Crippen LogP contribution in [-0.2, 0) is 9.53 Å². The van der Waals surface area contributed by atoms with E-state index in [2.05, 4.69) is 4.74 Å². The summed E-state index contributed by atoms with van der Waals surface area (Å²) in [6.07, 6.45) is 0.559. The summed E-state index contributed by atoms with van der Waals surface area (Å²) in [7, 11) is -9.88. The van der Waals surface area contributed by atoms with Crippen molar-refractivity contribution >= 4 is 34.1 Å². The number of carbonyl (C=O) groups is 3. The van der Waals surface area contributed by atoms with Gasteiger partial charge in [-0.2, -0.15) is 0 Å². The van der Waals surface area contributed by atoms with Crippen molar-refractivity contribution in [2.45, 2.75) is 4.90 Å². The first-order valence-electron chi connectivity index (χ1n) is 7.15. The van der Waals surface area contributed by atoms with E-state index in [1.807, 2.05) is 5.32 Å². The van der Waals surface area contributed by atoms with Crippen LogP contribution >= 0.6 is 10.2 Å². The van der Waals surface area contributed by atoms with Gasteiger partial charge in [0.25, 0.3) is 5.91 Å². The van der Waals surface area contributed by atoms with Crippen molar-refractivity contribution in [3.05, 3.63) is 59.7 Å². The Morgan fingerprint density at radius 2 is 1.63 bits per heavy atom. The second kappa shape index (κ2) is 6.34. The van der Waals surface area contributed by atoms with Crippen LogP contribution in [0.25, 0.3) is 0 Å². The molecule has 5 nitrogen and oxygen atoms in total. The molecule has 0 saturated carbocycles. The van der Waals surface area contributed by atoms with Crippen LogP contribution in [0.15, 0.2) is 53.4 Å². The zero-order chi connectivity index (χ0) is 20.4. The molecule has 1 amide bonds. The molecule has 2 rings (SSSR count). The molecule has 0 radical (unpaired) electrons. The van der Waals surface area contributed by atoms with Gasteiger partial charge in [0.05, 0.1) is 5.56 Å². The van der Waals surface area contributed by atoms with E-state index in [1.54, 1.807) is 0 Å². The van der Waals surface area contributed by atoms with Crippen molar-refractivity contribution in [1.29, 1.82) is 0 Å². The standard InChI is InChI=1S/C16H12F5NO4S/c17-27(18,19,20,21)14-3-1-2-13(8-14)22-15(24)10-26-16(25)12-6-4-11(9-23)5-7-12/h1-9H,10H2,(H,22,24). The minimum Gasteiger partial charge on any atom is -0.452 e. The molecule has 1 N–H and O–H groups in total. The van der Waals surface area contributed by atoms with E-state index in [4.69, 9.17) is 0 Å². The second-order valence-electron chi connectivity index (χ2n) is 5.36. The Morgan fingerprint density at radius 3 is 2.19 bits per heavy atom. The molecule has 0 aliphatic rings. The van der Waals surface area contributed by atoms with Crippen molar-refractivity contribution in [3.63, 3.8) is 0 Å². The molecule has 0 fully saturated rings. The van der Waals surface area contributed by atoms with Gasteiger partial charge < -0.3 is 10.1 Å². The molecule has 0 atom stereocenters. The maximum atomic E-state index is 12.8. The van der Waals surface area contributed by atoms with E-state index in [9.17, 15) is 33.8 Å². The van der Waals surface area contributed by atoms with E-state index >= 15 is 0 Å². The Bertz CT molecular complexity index is 898. The van der Waals surface area contributed by atoms with Gasteiger partial charge in [-0.1, -0.05) is 37.6 Å². The molecule has 0 saturated heterocycles. The molecule has 2 aromatic rings. The number of aldehydes is 1. The minimum atomic E-state index is -9.88. The number of anilines is 1. The van der Waals surface area contributed by atoms with E-state index in [-0.39, 0.29) is 17.7 Å². The van der Waals surface area contributed by atoms with Gasteiger partial charge >= 0.3 is 16.2 Å². The third-order valence-electron chi connectivity index (χ3n) is 3.18. The predicted octanol–water partition coefficient (Wildman–Crippen LogP) is 4.95. The van der Waals surface area contributed by atoms with E-state index in [0.717, 1.165) is 6.07 Å². The maximum Gasteiger partial charge on any atom is 0.338 e. The quantitative estimate of drug-likeness (QED) is 0.416. The molecular weight excluding hydrogens is 397 g/mol. The van der Waals surface area contributed by atoms with Crippen LogP contribution in [-0.4, -0.2) is 24.8 Å². The lowest BCUT2D eigenvalue weighted by molar-refractivity contribution is -0.119. The summed E-state index contributed by atoms with van der Waals surface area (Å²) in [6.45, 7) is -0.852. The molecule has 0 aromatic heterocycles. The topological polar surface area (TPSA) is 72.5 Å². The van der Waals surface area contributed by atoms with Crippen LogP contribution in [0, 0.1) is 0 Å². The van der Waals surface area contributed by atoms with Gasteiger partial charge in [-0.3, -0.25) is 9.59 Å². The Morgan fingerprint density at radius 1 is 1.00 bits per heavy atom. The Kier molecular flexibility index (Phi) is 4.78. The first-order chi connectivity index (χ1) is 12.3. The summed E-state index contributed by atoms with van der Waals surface area (Å²) in [6, 6.07) is 7.22. The number of halogens is 5. The van der Waals surface area contributed by atoms with Gasteiger partial charge in [-0.25, -0.2) is 4.79 Å². The van der Waals surface area contributed by atoms with Crippen molar-refractivity contribution in [2.75, 3.05) is 11.9 Å². The fraction of sp³-hybridized carbons (Fsp3) is 0.0625. The molecule has 0 bridgehead atoms. The van der Waals surface area contributed by atoms with Gasteiger partial charge in [-0.15, -0.1) is 0 Å². The summed E-state index contributed by atoms with van der Waals surface area (Å²) in [5, 5.41) is 1.94. The predicted molar refractivity (Wildman–Crippen MR) is 88.6 cm³/mol. The minimum absolute atomic E-state index is 0.0383. The van der Waals surface area contributed by atoms with Crippen LogP contribution in [0.5, 0.6) is 0 Å². The third-order valence-corrected chi connectivity index (χ3v) is 4.32. The Labute approximate surface area is 149 Å². The van der Waals surface area contributed by atoms with Gasteiger partial charge in [0.2, 0.25) is 0 Å². The number of hydrogen-bond acceptors (Lipinski definition) is 4. The lowest BCUT2D eigenvalue weighted by atomic mass is 10.1. The molecule has 146 valence electrons.